The molecule has 104 valence electrons. The molecule has 0 radical (unpaired) electrons. The molecule has 2 N–H and O–H groups in total. The van der Waals surface area contributed by atoms with Crippen molar-refractivity contribution in [2.45, 2.75) is 26.2 Å². The fourth-order valence-electron chi connectivity index (χ4n) is 2.46. The SMILES string of the molecule is CC1(CNC(=O)Cc2ccccc2Cl)CCCNC1. The maximum atomic E-state index is 12.0. The van der Waals surface area contributed by atoms with Crippen LogP contribution in [0.4, 0.5) is 0 Å². The van der Waals surface area contributed by atoms with Gasteiger partial charge in [-0.1, -0.05) is 36.7 Å². The van der Waals surface area contributed by atoms with Crippen LogP contribution in [0.2, 0.25) is 5.02 Å². The van der Waals surface area contributed by atoms with Crippen LogP contribution in [0.3, 0.4) is 0 Å². The molecule has 1 atom stereocenters. The van der Waals surface area contributed by atoms with Crippen molar-refractivity contribution in [1.29, 1.82) is 0 Å². The molecule has 0 aliphatic carbocycles. The first-order chi connectivity index (χ1) is 9.09. The van der Waals surface area contributed by atoms with Crippen LogP contribution in [0.5, 0.6) is 0 Å². The number of carbonyl (C=O) groups is 1. The molecule has 1 heterocycles. The third kappa shape index (κ3) is 4.22. The number of nitrogens with one attached hydrogen (secondary N) is 2. The van der Waals surface area contributed by atoms with Crippen molar-refractivity contribution in [2.24, 2.45) is 5.41 Å². The van der Waals surface area contributed by atoms with E-state index in [0.717, 1.165) is 31.6 Å². The summed E-state index contributed by atoms with van der Waals surface area (Å²) in [5.41, 5.74) is 1.06. The van der Waals surface area contributed by atoms with Crippen molar-refractivity contribution in [1.82, 2.24) is 10.6 Å². The van der Waals surface area contributed by atoms with Crippen LogP contribution in [0.1, 0.15) is 25.3 Å². The third-order valence-electron chi connectivity index (χ3n) is 3.71. The lowest BCUT2D eigenvalue weighted by atomic mass is 9.83. The number of benzene rings is 1. The molecule has 1 aromatic rings. The van der Waals surface area contributed by atoms with Gasteiger partial charge in [0.05, 0.1) is 6.42 Å². The van der Waals surface area contributed by atoms with E-state index >= 15 is 0 Å². The minimum Gasteiger partial charge on any atom is -0.355 e. The zero-order valence-corrected chi connectivity index (χ0v) is 12.1. The highest BCUT2D eigenvalue weighted by molar-refractivity contribution is 6.31. The number of piperidine rings is 1. The number of amides is 1. The zero-order chi connectivity index (χ0) is 13.7. The lowest BCUT2D eigenvalue weighted by Gasteiger charge is -2.34. The topological polar surface area (TPSA) is 41.1 Å². The molecular weight excluding hydrogens is 260 g/mol. The predicted molar refractivity (Wildman–Crippen MR) is 78.4 cm³/mol. The average Bonchev–Trinajstić information content (AvgIpc) is 2.40. The molecule has 4 heteroatoms. The molecule has 0 bridgehead atoms. The summed E-state index contributed by atoms with van der Waals surface area (Å²) in [4.78, 5) is 12.0. The van der Waals surface area contributed by atoms with Gasteiger partial charge in [0.1, 0.15) is 0 Å². The quantitative estimate of drug-likeness (QED) is 0.889. The summed E-state index contributed by atoms with van der Waals surface area (Å²) >= 11 is 6.05. The molecule has 0 saturated carbocycles. The monoisotopic (exact) mass is 280 g/mol. The second-order valence-corrected chi connectivity index (χ2v) is 6.04. The van der Waals surface area contributed by atoms with Gasteiger partial charge in [0, 0.05) is 18.1 Å². The first-order valence-electron chi connectivity index (χ1n) is 6.80. The van der Waals surface area contributed by atoms with E-state index in [4.69, 9.17) is 11.6 Å². The average molecular weight is 281 g/mol. The van der Waals surface area contributed by atoms with E-state index < -0.39 is 0 Å². The Morgan fingerprint density at radius 3 is 2.95 bits per heavy atom. The summed E-state index contributed by atoms with van der Waals surface area (Å²) in [5, 5.41) is 7.07. The van der Waals surface area contributed by atoms with Crippen molar-refractivity contribution in [3.05, 3.63) is 34.9 Å². The number of carbonyl (C=O) groups excluding carboxylic acids is 1. The number of halogens is 1. The molecule has 1 amide bonds. The molecule has 0 spiro atoms. The summed E-state index contributed by atoms with van der Waals surface area (Å²) in [6, 6.07) is 7.49. The van der Waals surface area contributed by atoms with Gasteiger partial charge in [0.15, 0.2) is 0 Å². The Balaban J connectivity index is 1.83. The van der Waals surface area contributed by atoms with E-state index in [0.29, 0.717) is 11.4 Å². The maximum absolute atomic E-state index is 12.0. The van der Waals surface area contributed by atoms with Gasteiger partial charge < -0.3 is 10.6 Å². The van der Waals surface area contributed by atoms with Gasteiger partial charge in [0.2, 0.25) is 5.91 Å². The molecule has 19 heavy (non-hydrogen) atoms. The summed E-state index contributed by atoms with van der Waals surface area (Å²) in [6.07, 6.45) is 2.69. The van der Waals surface area contributed by atoms with Gasteiger partial charge >= 0.3 is 0 Å². The normalized spacial score (nSPS) is 23.1. The second kappa shape index (κ2) is 6.40. The number of hydrogen-bond donors (Lipinski definition) is 2. The highest BCUT2D eigenvalue weighted by atomic mass is 35.5. The zero-order valence-electron chi connectivity index (χ0n) is 11.3. The van der Waals surface area contributed by atoms with Gasteiger partial charge in [-0.2, -0.15) is 0 Å². The minimum atomic E-state index is 0.0416. The van der Waals surface area contributed by atoms with Crippen molar-refractivity contribution < 1.29 is 4.79 Å². The number of hydrogen-bond acceptors (Lipinski definition) is 2. The van der Waals surface area contributed by atoms with E-state index in [9.17, 15) is 4.79 Å². The summed E-state index contributed by atoms with van der Waals surface area (Å²) in [6.45, 7) is 5.00. The Morgan fingerprint density at radius 2 is 2.26 bits per heavy atom. The predicted octanol–water partition coefficient (Wildman–Crippen LogP) is 2.39. The van der Waals surface area contributed by atoms with Gasteiger partial charge in [0.25, 0.3) is 0 Å². The molecule has 2 rings (SSSR count). The lowest BCUT2D eigenvalue weighted by Crippen LogP contribution is -2.45. The summed E-state index contributed by atoms with van der Waals surface area (Å²) in [7, 11) is 0. The Kier molecular flexibility index (Phi) is 4.83. The Morgan fingerprint density at radius 1 is 1.47 bits per heavy atom. The molecule has 1 aliphatic heterocycles. The van der Waals surface area contributed by atoms with Crippen LogP contribution in [0.25, 0.3) is 0 Å². The fourth-order valence-corrected chi connectivity index (χ4v) is 2.66. The van der Waals surface area contributed by atoms with E-state index in [-0.39, 0.29) is 11.3 Å². The van der Waals surface area contributed by atoms with Crippen molar-refractivity contribution in [3.63, 3.8) is 0 Å². The van der Waals surface area contributed by atoms with Gasteiger partial charge in [-0.05, 0) is 36.4 Å². The minimum absolute atomic E-state index is 0.0416. The molecule has 1 aromatic carbocycles. The van der Waals surface area contributed by atoms with Gasteiger partial charge in [-0.3, -0.25) is 4.79 Å². The molecule has 1 fully saturated rings. The van der Waals surface area contributed by atoms with Crippen molar-refractivity contribution in [3.8, 4) is 0 Å². The highest BCUT2D eigenvalue weighted by Gasteiger charge is 2.26. The first-order valence-corrected chi connectivity index (χ1v) is 7.18. The van der Waals surface area contributed by atoms with E-state index in [1.165, 1.54) is 6.42 Å². The van der Waals surface area contributed by atoms with E-state index in [2.05, 4.69) is 17.6 Å². The standard InChI is InChI=1S/C15H21ClN2O/c1-15(7-4-8-17-10-15)11-18-14(19)9-12-5-2-3-6-13(12)16/h2-3,5-6,17H,4,7-11H2,1H3,(H,18,19). The number of rotatable bonds is 4. The largest absolute Gasteiger partial charge is 0.355 e. The smallest absolute Gasteiger partial charge is 0.224 e. The molecule has 1 saturated heterocycles. The van der Waals surface area contributed by atoms with Crippen LogP contribution >= 0.6 is 11.6 Å². The Hall–Kier alpha value is -1.06. The molecule has 0 aromatic heterocycles. The Bertz CT molecular complexity index is 442. The van der Waals surface area contributed by atoms with Gasteiger partial charge in [-0.25, -0.2) is 0 Å². The summed E-state index contributed by atoms with van der Waals surface area (Å²) in [5.74, 6) is 0.0416. The maximum Gasteiger partial charge on any atom is 0.224 e. The lowest BCUT2D eigenvalue weighted by molar-refractivity contribution is -0.121. The highest BCUT2D eigenvalue weighted by Crippen LogP contribution is 2.24. The van der Waals surface area contributed by atoms with Crippen LogP contribution in [0.15, 0.2) is 24.3 Å². The van der Waals surface area contributed by atoms with E-state index in [1.54, 1.807) is 0 Å². The fraction of sp³-hybridized carbons (Fsp3) is 0.533. The molecular formula is C15H21ClN2O. The Labute approximate surface area is 119 Å². The van der Waals surface area contributed by atoms with Gasteiger partial charge in [-0.15, -0.1) is 0 Å². The van der Waals surface area contributed by atoms with E-state index in [1.807, 2.05) is 24.3 Å². The molecule has 1 aliphatic rings. The summed E-state index contributed by atoms with van der Waals surface area (Å²) < 4.78 is 0. The third-order valence-corrected chi connectivity index (χ3v) is 4.08. The molecule has 3 nitrogen and oxygen atoms in total. The second-order valence-electron chi connectivity index (χ2n) is 5.64. The van der Waals surface area contributed by atoms with Crippen LogP contribution < -0.4 is 10.6 Å². The van der Waals surface area contributed by atoms with Crippen LogP contribution in [-0.2, 0) is 11.2 Å². The van der Waals surface area contributed by atoms with Crippen LogP contribution in [-0.4, -0.2) is 25.5 Å². The molecule has 1 unspecified atom stereocenters. The van der Waals surface area contributed by atoms with Crippen molar-refractivity contribution in [2.75, 3.05) is 19.6 Å². The first kappa shape index (κ1) is 14.4. The van der Waals surface area contributed by atoms with Crippen molar-refractivity contribution >= 4 is 17.5 Å². The van der Waals surface area contributed by atoms with Crippen LogP contribution in [0, 0.1) is 5.41 Å².